The fourth-order valence-electron chi connectivity index (χ4n) is 2.57. The maximum Gasteiger partial charge on any atom is 0.265 e. The van der Waals surface area contributed by atoms with Crippen molar-refractivity contribution in [3.8, 4) is 0 Å². The Morgan fingerprint density at radius 1 is 1.53 bits per heavy atom. The lowest BCUT2D eigenvalue weighted by molar-refractivity contribution is 0.0339. The number of likely N-dealkylation sites (tertiary alicyclic amines) is 1. The fraction of sp³-hybridized carbons (Fsp3) is 0.643. The summed E-state index contributed by atoms with van der Waals surface area (Å²) >= 11 is 3.15. The maximum atomic E-state index is 12.5. The zero-order valence-corrected chi connectivity index (χ0v) is 13.1. The van der Waals surface area contributed by atoms with Crippen LogP contribution in [0.3, 0.4) is 0 Å². The molecule has 0 atom stereocenters. The molecule has 0 aromatic carbocycles. The number of aliphatic hydroxyl groups excluding tert-OH is 1. The molecular formula is C14H21NO2S2. The minimum absolute atomic E-state index is 0.0363. The van der Waals surface area contributed by atoms with Crippen LogP contribution in [0.2, 0.25) is 0 Å². The van der Waals surface area contributed by atoms with E-state index in [2.05, 4.69) is 6.92 Å². The molecule has 1 aliphatic rings. The van der Waals surface area contributed by atoms with E-state index in [4.69, 9.17) is 0 Å². The van der Waals surface area contributed by atoms with Crippen molar-refractivity contribution in [2.24, 2.45) is 5.41 Å². The average Bonchev–Trinajstić information content (AvgIpc) is 2.95. The topological polar surface area (TPSA) is 40.5 Å². The molecule has 1 amide bonds. The number of amides is 1. The predicted molar refractivity (Wildman–Crippen MR) is 81.0 cm³/mol. The van der Waals surface area contributed by atoms with E-state index in [0.29, 0.717) is 0 Å². The first-order valence-corrected chi connectivity index (χ1v) is 8.78. The molecule has 0 unspecified atom stereocenters. The summed E-state index contributed by atoms with van der Waals surface area (Å²) in [6.07, 6.45) is 4.81. The van der Waals surface area contributed by atoms with Gasteiger partial charge in [0, 0.05) is 24.6 Å². The molecule has 5 heteroatoms. The molecule has 1 N–H and O–H groups in total. The van der Waals surface area contributed by atoms with E-state index in [9.17, 15) is 9.90 Å². The van der Waals surface area contributed by atoms with Crippen LogP contribution in [0.15, 0.2) is 16.3 Å². The van der Waals surface area contributed by atoms with Gasteiger partial charge in [-0.2, -0.15) is 0 Å². The van der Waals surface area contributed by atoms with Crippen molar-refractivity contribution in [3.05, 3.63) is 16.3 Å². The number of carbonyl (C=O) groups is 1. The summed E-state index contributed by atoms with van der Waals surface area (Å²) in [5, 5.41) is 11.5. The summed E-state index contributed by atoms with van der Waals surface area (Å²) in [4.78, 5) is 16.4. The Kier molecular flexibility index (Phi) is 4.92. The van der Waals surface area contributed by atoms with E-state index in [1.807, 2.05) is 22.6 Å². The molecular weight excluding hydrogens is 278 g/mol. The number of rotatable bonds is 4. The Balaban J connectivity index is 2.04. The lowest BCUT2D eigenvalue weighted by atomic mass is 9.77. The lowest BCUT2D eigenvalue weighted by Crippen LogP contribution is -2.44. The van der Waals surface area contributed by atoms with Gasteiger partial charge in [-0.25, -0.2) is 0 Å². The summed E-state index contributed by atoms with van der Waals surface area (Å²) < 4.78 is 0. The van der Waals surface area contributed by atoms with Crippen LogP contribution >= 0.6 is 23.1 Å². The molecule has 1 aliphatic heterocycles. The predicted octanol–water partition coefficient (Wildman–Crippen LogP) is 3.09. The van der Waals surface area contributed by atoms with Gasteiger partial charge in [-0.1, -0.05) is 6.92 Å². The third kappa shape index (κ3) is 2.98. The van der Waals surface area contributed by atoms with Gasteiger partial charge in [0.05, 0.1) is 0 Å². The minimum atomic E-state index is 0.0363. The summed E-state index contributed by atoms with van der Waals surface area (Å²) in [6.45, 7) is 3.89. The summed E-state index contributed by atoms with van der Waals surface area (Å²) in [5.74, 6) is 0.155. The number of aliphatic hydroxyl groups is 1. The molecule has 1 fully saturated rings. The number of thioether (sulfide) groups is 1. The molecule has 1 aromatic rings. The van der Waals surface area contributed by atoms with Crippen LogP contribution in [0.4, 0.5) is 0 Å². The molecule has 0 spiro atoms. The first-order chi connectivity index (χ1) is 9.15. The SMILES string of the molecule is CCC1(CO)CCN(C(=O)c2sccc2SC)CC1. The second kappa shape index (κ2) is 6.29. The molecule has 0 radical (unpaired) electrons. The van der Waals surface area contributed by atoms with Gasteiger partial charge in [0.1, 0.15) is 4.88 Å². The van der Waals surface area contributed by atoms with Gasteiger partial charge < -0.3 is 10.0 Å². The summed E-state index contributed by atoms with van der Waals surface area (Å²) in [6, 6.07) is 2.01. The molecule has 106 valence electrons. The van der Waals surface area contributed by atoms with Crippen molar-refractivity contribution in [1.82, 2.24) is 4.90 Å². The Hall–Kier alpha value is -0.520. The molecule has 1 saturated heterocycles. The van der Waals surface area contributed by atoms with E-state index >= 15 is 0 Å². The van der Waals surface area contributed by atoms with Crippen molar-refractivity contribution in [2.45, 2.75) is 31.1 Å². The quantitative estimate of drug-likeness (QED) is 0.869. The first-order valence-electron chi connectivity index (χ1n) is 6.67. The van der Waals surface area contributed by atoms with Crippen molar-refractivity contribution >= 4 is 29.0 Å². The number of hydrogen-bond donors (Lipinski definition) is 1. The molecule has 0 saturated carbocycles. The molecule has 3 nitrogen and oxygen atoms in total. The zero-order chi connectivity index (χ0) is 13.9. The third-order valence-corrected chi connectivity index (χ3v) is 6.05. The second-order valence-corrected chi connectivity index (χ2v) is 6.89. The number of carbonyl (C=O) groups excluding carboxylic acids is 1. The van der Waals surface area contributed by atoms with Crippen LogP contribution in [0.5, 0.6) is 0 Å². The third-order valence-electron chi connectivity index (χ3n) is 4.24. The summed E-state index contributed by atoms with van der Waals surface area (Å²) in [5.41, 5.74) is 0.0363. The highest BCUT2D eigenvalue weighted by Gasteiger charge is 2.34. The first kappa shape index (κ1) is 14.9. The van der Waals surface area contributed by atoms with Gasteiger partial charge in [-0.05, 0) is 42.4 Å². The molecule has 2 heterocycles. The lowest BCUT2D eigenvalue weighted by Gasteiger charge is -2.40. The number of piperidine rings is 1. The Bertz CT molecular complexity index is 430. The van der Waals surface area contributed by atoms with Crippen LogP contribution in [0.1, 0.15) is 35.9 Å². The van der Waals surface area contributed by atoms with Crippen LogP contribution in [0, 0.1) is 5.41 Å². The standard InChI is InChI=1S/C14H21NO2S2/c1-3-14(10-16)5-7-15(8-6-14)13(17)12-11(18-2)4-9-19-12/h4,9,16H,3,5-8,10H2,1-2H3. The van der Waals surface area contributed by atoms with Crippen LogP contribution in [-0.4, -0.2) is 41.9 Å². The van der Waals surface area contributed by atoms with Crippen molar-refractivity contribution in [2.75, 3.05) is 26.0 Å². The monoisotopic (exact) mass is 299 g/mol. The average molecular weight is 299 g/mol. The molecule has 0 bridgehead atoms. The van der Waals surface area contributed by atoms with Crippen LogP contribution in [-0.2, 0) is 0 Å². The smallest absolute Gasteiger partial charge is 0.265 e. The zero-order valence-electron chi connectivity index (χ0n) is 11.5. The molecule has 0 aliphatic carbocycles. The van der Waals surface area contributed by atoms with Crippen molar-refractivity contribution in [1.29, 1.82) is 0 Å². The Labute approximate surface area is 123 Å². The van der Waals surface area contributed by atoms with Gasteiger partial charge in [0.2, 0.25) is 0 Å². The van der Waals surface area contributed by atoms with E-state index in [1.165, 1.54) is 11.3 Å². The second-order valence-electron chi connectivity index (χ2n) is 5.12. The van der Waals surface area contributed by atoms with E-state index < -0.39 is 0 Å². The summed E-state index contributed by atoms with van der Waals surface area (Å²) in [7, 11) is 0. The molecule has 2 rings (SSSR count). The van der Waals surface area contributed by atoms with Gasteiger partial charge in [-0.3, -0.25) is 4.79 Å². The number of hydrogen-bond acceptors (Lipinski definition) is 4. The fourth-order valence-corrected chi connectivity index (χ4v) is 4.28. The molecule has 1 aromatic heterocycles. The van der Waals surface area contributed by atoms with E-state index in [-0.39, 0.29) is 17.9 Å². The number of thiophene rings is 1. The highest BCUT2D eigenvalue weighted by atomic mass is 32.2. The number of nitrogens with zero attached hydrogens (tertiary/aromatic N) is 1. The van der Waals surface area contributed by atoms with Gasteiger partial charge in [-0.15, -0.1) is 23.1 Å². The highest BCUT2D eigenvalue weighted by Crippen LogP contribution is 2.35. The van der Waals surface area contributed by atoms with Gasteiger partial charge >= 0.3 is 0 Å². The largest absolute Gasteiger partial charge is 0.396 e. The molecule has 19 heavy (non-hydrogen) atoms. The minimum Gasteiger partial charge on any atom is -0.396 e. The van der Waals surface area contributed by atoms with Crippen molar-refractivity contribution in [3.63, 3.8) is 0 Å². The van der Waals surface area contributed by atoms with Crippen LogP contribution < -0.4 is 0 Å². The van der Waals surface area contributed by atoms with E-state index in [0.717, 1.165) is 42.1 Å². The van der Waals surface area contributed by atoms with E-state index in [1.54, 1.807) is 11.8 Å². The van der Waals surface area contributed by atoms with Gasteiger partial charge in [0.15, 0.2) is 0 Å². The normalized spacial score (nSPS) is 18.6. The van der Waals surface area contributed by atoms with Crippen LogP contribution in [0.25, 0.3) is 0 Å². The maximum absolute atomic E-state index is 12.5. The highest BCUT2D eigenvalue weighted by molar-refractivity contribution is 7.98. The Morgan fingerprint density at radius 3 is 2.74 bits per heavy atom. The van der Waals surface area contributed by atoms with Crippen molar-refractivity contribution < 1.29 is 9.90 Å². The Morgan fingerprint density at radius 2 is 2.21 bits per heavy atom. The van der Waals surface area contributed by atoms with Gasteiger partial charge in [0.25, 0.3) is 5.91 Å².